The first-order valence-corrected chi connectivity index (χ1v) is 5.12. The number of nitrogens with zero attached hydrogens (tertiary/aromatic N) is 2. The SMILES string of the molecule is N#CC1CN(c2ccc(F)c(Cl)c2)CC1=O. The lowest BCUT2D eigenvalue weighted by atomic mass is 10.1. The van der Waals surface area contributed by atoms with E-state index in [-0.39, 0.29) is 17.4 Å². The maximum Gasteiger partial charge on any atom is 0.170 e. The molecule has 0 bridgehead atoms. The van der Waals surface area contributed by atoms with Crippen molar-refractivity contribution < 1.29 is 9.18 Å². The fourth-order valence-corrected chi connectivity index (χ4v) is 1.85. The Morgan fingerprint density at radius 2 is 2.31 bits per heavy atom. The van der Waals surface area contributed by atoms with Crippen LogP contribution in [0.25, 0.3) is 0 Å². The molecule has 3 nitrogen and oxygen atoms in total. The number of anilines is 1. The van der Waals surface area contributed by atoms with E-state index < -0.39 is 11.7 Å². The van der Waals surface area contributed by atoms with E-state index in [9.17, 15) is 9.18 Å². The summed E-state index contributed by atoms with van der Waals surface area (Å²) in [6.45, 7) is 0.525. The highest BCUT2D eigenvalue weighted by Crippen LogP contribution is 2.26. The molecule has 1 aliphatic heterocycles. The van der Waals surface area contributed by atoms with Crippen molar-refractivity contribution in [3.8, 4) is 6.07 Å². The molecular formula is C11H8ClFN2O. The Morgan fingerprint density at radius 1 is 1.56 bits per heavy atom. The molecule has 1 heterocycles. The number of hydrogen-bond acceptors (Lipinski definition) is 3. The van der Waals surface area contributed by atoms with Gasteiger partial charge in [-0.1, -0.05) is 11.6 Å². The number of rotatable bonds is 1. The number of benzene rings is 1. The molecule has 1 aromatic carbocycles. The minimum atomic E-state index is -0.594. The van der Waals surface area contributed by atoms with E-state index in [2.05, 4.69) is 0 Å². The van der Waals surface area contributed by atoms with Crippen molar-refractivity contribution in [2.45, 2.75) is 0 Å². The van der Waals surface area contributed by atoms with Crippen molar-refractivity contribution in [3.05, 3.63) is 29.0 Å². The Balaban J connectivity index is 2.24. The van der Waals surface area contributed by atoms with E-state index in [1.807, 2.05) is 6.07 Å². The molecule has 1 saturated heterocycles. The number of carbonyl (C=O) groups is 1. The summed E-state index contributed by atoms with van der Waals surface area (Å²) in [5.74, 6) is -1.19. The Bertz CT molecular complexity index is 483. The molecule has 1 unspecified atom stereocenters. The molecule has 1 fully saturated rings. The number of hydrogen-bond donors (Lipinski definition) is 0. The summed E-state index contributed by atoms with van der Waals surface area (Å²) in [6.07, 6.45) is 0. The Hall–Kier alpha value is -1.60. The molecule has 1 atom stereocenters. The van der Waals surface area contributed by atoms with Gasteiger partial charge in [0.05, 0.1) is 17.6 Å². The van der Waals surface area contributed by atoms with Gasteiger partial charge in [0, 0.05) is 12.2 Å². The van der Waals surface area contributed by atoms with Crippen LogP contribution in [-0.4, -0.2) is 18.9 Å². The van der Waals surface area contributed by atoms with E-state index in [1.165, 1.54) is 12.1 Å². The van der Waals surface area contributed by atoms with Crippen LogP contribution in [0.2, 0.25) is 5.02 Å². The molecule has 2 rings (SSSR count). The topological polar surface area (TPSA) is 44.1 Å². The third kappa shape index (κ3) is 1.86. The van der Waals surface area contributed by atoms with Gasteiger partial charge in [-0.05, 0) is 18.2 Å². The van der Waals surface area contributed by atoms with Gasteiger partial charge in [-0.15, -0.1) is 0 Å². The molecule has 0 N–H and O–H groups in total. The first kappa shape index (κ1) is 10.9. The number of ketones is 1. The summed E-state index contributed by atoms with van der Waals surface area (Å²) in [4.78, 5) is 13.1. The molecule has 0 aromatic heterocycles. The van der Waals surface area contributed by atoms with E-state index in [0.717, 1.165) is 0 Å². The van der Waals surface area contributed by atoms with Crippen molar-refractivity contribution in [1.29, 1.82) is 5.26 Å². The lowest BCUT2D eigenvalue weighted by molar-refractivity contribution is -0.118. The highest BCUT2D eigenvalue weighted by Gasteiger charge is 2.30. The Morgan fingerprint density at radius 3 is 2.88 bits per heavy atom. The standard InChI is InChI=1S/C11H8ClFN2O/c12-9-3-8(1-2-10(9)13)15-5-7(4-14)11(16)6-15/h1-3,7H,5-6H2. The lowest BCUT2D eigenvalue weighted by Crippen LogP contribution is -2.19. The predicted octanol–water partition coefficient (Wildman–Crippen LogP) is 2.01. The van der Waals surface area contributed by atoms with Gasteiger partial charge in [0.25, 0.3) is 0 Å². The molecule has 0 saturated carbocycles. The van der Waals surface area contributed by atoms with Gasteiger partial charge in [-0.2, -0.15) is 5.26 Å². The van der Waals surface area contributed by atoms with Crippen LogP contribution in [0, 0.1) is 23.1 Å². The van der Waals surface area contributed by atoms with Crippen LogP contribution in [-0.2, 0) is 4.79 Å². The number of halogens is 2. The van der Waals surface area contributed by atoms with Crippen molar-refractivity contribution in [2.75, 3.05) is 18.0 Å². The molecule has 0 amide bonds. The zero-order valence-corrected chi connectivity index (χ0v) is 9.04. The summed E-state index contributed by atoms with van der Waals surface area (Å²) >= 11 is 5.65. The van der Waals surface area contributed by atoms with E-state index in [4.69, 9.17) is 16.9 Å². The highest BCUT2D eigenvalue weighted by atomic mass is 35.5. The van der Waals surface area contributed by atoms with E-state index in [1.54, 1.807) is 11.0 Å². The number of carbonyl (C=O) groups excluding carboxylic acids is 1. The van der Waals surface area contributed by atoms with Crippen LogP contribution in [0.5, 0.6) is 0 Å². The average molecular weight is 239 g/mol. The molecule has 1 aliphatic rings. The summed E-state index contributed by atoms with van der Waals surface area (Å²) in [6, 6.07) is 6.21. The van der Waals surface area contributed by atoms with E-state index in [0.29, 0.717) is 12.2 Å². The van der Waals surface area contributed by atoms with Gasteiger partial charge < -0.3 is 4.90 Å². The quantitative estimate of drug-likeness (QED) is 0.752. The second-order valence-electron chi connectivity index (χ2n) is 3.63. The molecule has 1 aromatic rings. The third-order valence-electron chi connectivity index (χ3n) is 2.56. The van der Waals surface area contributed by atoms with Gasteiger partial charge in [-0.3, -0.25) is 4.79 Å². The van der Waals surface area contributed by atoms with Crippen molar-refractivity contribution in [2.24, 2.45) is 5.92 Å². The number of nitriles is 1. The Labute approximate surface area is 97.0 Å². The van der Waals surface area contributed by atoms with Crippen molar-refractivity contribution in [1.82, 2.24) is 0 Å². The predicted molar refractivity (Wildman–Crippen MR) is 57.7 cm³/mol. The molecule has 0 spiro atoms. The summed E-state index contributed by atoms with van der Waals surface area (Å²) < 4.78 is 12.9. The minimum Gasteiger partial charge on any atom is -0.362 e. The maximum atomic E-state index is 12.9. The fraction of sp³-hybridized carbons (Fsp3) is 0.273. The van der Waals surface area contributed by atoms with Crippen LogP contribution in [0.15, 0.2) is 18.2 Å². The van der Waals surface area contributed by atoms with Crippen LogP contribution in [0.3, 0.4) is 0 Å². The maximum absolute atomic E-state index is 12.9. The second-order valence-corrected chi connectivity index (χ2v) is 4.03. The molecule has 5 heteroatoms. The first-order chi connectivity index (χ1) is 7.61. The lowest BCUT2D eigenvalue weighted by Gasteiger charge is -2.16. The van der Waals surface area contributed by atoms with Crippen molar-refractivity contribution >= 4 is 23.1 Å². The smallest absolute Gasteiger partial charge is 0.170 e. The molecule has 82 valence electrons. The van der Waals surface area contributed by atoms with Gasteiger partial charge in [0.1, 0.15) is 11.7 Å². The van der Waals surface area contributed by atoms with Crippen LogP contribution in [0.1, 0.15) is 0 Å². The summed E-state index contributed by atoms with van der Waals surface area (Å²) in [7, 11) is 0. The first-order valence-electron chi connectivity index (χ1n) is 4.74. The van der Waals surface area contributed by atoms with Gasteiger partial charge in [-0.25, -0.2) is 4.39 Å². The zero-order chi connectivity index (χ0) is 11.7. The summed E-state index contributed by atoms with van der Waals surface area (Å²) in [5, 5.41) is 8.74. The summed E-state index contributed by atoms with van der Waals surface area (Å²) in [5.41, 5.74) is 0.664. The van der Waals surface area contributed by atoms with Crippen molar-refractivity contribution in [3.63, 3.8) is 0 Å². The van der Waals surface area contributed by atoms with Gasteiger partial charge in [0.2, 0.25) is 0 Å². The monoisotopic (exact) mass is 238 g/mol. The van der Waals surface area contributed by atoms with E-state index >= 15 is 0 Å². The zero-order valence-electron chi connectivity index (χ0n) is 8.28. The average Bonchev–Trinajstić information content (AvgIpc) is 2.64. The van der Waals surface area contributed by atoms with Crippen LogP contribution < -0.4 is 4.90 Å². The van der Waals surface area contributed by atoms with Gasteiger partial charge in [0.15, 0.2) is 5.78 Å². The fourth-order valence-electron chi connectivity index (χ4n) is 1.68. The molecular weight excluding hydrogens is 231 g/mol. The second kappa shape index (κ2) is 4.11. The minimum absolute atomic E-state index is 0.0188. The van der Waals surface area contributed by atoms with Gasteiger partial charge >= 0.3 is 0 Å². The number of Topliss-reactive ketones (excluding diaryl/α,β-unsaturated/α-hetero) is 1. The largest absolute Gasteiger partial charge is 0.362 e. The third-order valence-corrected chi connectivity index (χ3v) is 2.85. The van der Waals surface area contributed by atoms with Crippen LogP contribution in [0.4, 0.5) is 10.1 Å². The normalized spacial score (nSPS) is 19.9. The molecule has 16 heavy (non-hydrogen) atoms. The molecule has 0 radical (unpaired) electrons. The Kier molecular flexibility index (Phi) is 2.80. The molecule has 0 aliphatic carbocycles. The highest BCUT2D eigenvalue weighted by molar-refractivity contribution is 6.31. The van der Waals surface area contributed by atoms with Crippen LogP contribution >= 0.6 is 11.6 Å².